The quantitative estimate of drug-likeness (QED) is 0.230. The molecule has 0 aliphatic rings. The fourth-order valence-corrected chi connectivity index (χ4v) is 0.200. The zero-order chi connectivity index (χ0) is 6.41. The Kier molecular flexibility index (Phi) is 8.78. The highest BCUT2D eigenvalue weighted by atomic mass is 28.1. The van der Waals surface area contributed by atoms with Crippen molar-refractivity contribution in [2.24, 2.45) is 0 Å². The van der Waals surface area contributed by atoms with E-state index in [9.17, 15) is 4.79 Å². The molecule has 0 spiro atoms. The molecule has 0 amide bonds. The Balaban J connectivity index is 0. The van der Waals surface area contributed by atoms with Gasteiger partial charge in [0.05, 0.1) is 0 Å². The molecule has 0 saturated heterocycles. The fourth-order valence-electron chi connectivity index (χ4n) is 0.200. The average Bonchev–Trinajstić information content (AvgIpc) is 1.83. The van der Waals surface area contributed by atoms with Gasteiger partial charge in [-0.05, 0) is 11.0 Å². The van der Waals surface area contributed by atoms with Crippen molar-refractivity contribution in [2.75, 3.05) is 6.61 Å². The number of carbonyl (C=O) groups is 1. The summed E-state index contributed by atoms with van der Waals surface area (Å²) in [4.78, 5) is 10.2. The SMILES string of the molecule is C=CCOC(=O)C=C.[SiH4]. The lowest BCUT2D eigenvalue weighted by Gasteiger charge is -1.92. The number of rotatable bonds is 3. The first-order valence-electron chi connectivity index (χ1n) is 2.21. The number of esters is 1. The van der Waals surface area contributed by atoms with Gasteiger partial charge in [-0.3, -0.25) is 0 Å². The smallest absolute Gasteiger partial charge is 0.330 e. The summed E-state index contributed by atoms with van der Waals surface area (Å²) in [5, 5.41) is 0. The molecule has 0 aliphatic carbocycles. The third-order valence-corrected chi connectivity index (χ3v) is 0.510. The third kappa shape index (κ3) is 7.17. The first-order chi connectivity index (χ1) is 3.81. The molecular formula is C6H12O2Si. The largest absolute Gasteiger partial charge is 0.458 e. The number of hydrogen-bond donors (Lipinski definition) is 0. The molecule has 2 nitrogen and oxygen atoms in total. The van der Waals surface area contributed by atoms with Crippen molar-refractivity contribution in [1.82, 2.24) is 0 Å². The van der Waals surface area contributed by atoms with E-state index < -0.39 is 5.97 Å². The van der Waals surface area contributed by atoms with Gasteiger partial charge in [0.2, 0.25) is 0 Å². The van der Waals surface area contributed by atoms with Gasteiger partial charge in [-0.1, -0.05) is 19.2 Å². The highest BCUT2D eigenvalue weighted by molar-refractivity contribution is 5.81. The van der Waals surface area contributed by atoms with E-state index in [0.717, 1.165) is 6.08 Å². The van der Waals surface area contributed by atoms with Crippen LogP contribution in [0, 0.1) is 0 Å². The van der Waals surface area contributed by atoms with Gasteiger partial charge in [0.25, 0.3) is 0 Å². The van der Waals surface area contributed by atoms with Gasteiger partial charge >= 0.3 is 5.97 Å². The molecule has 0 atom stereocenters. The van der Waals surface area contributed by atoms with Crippen molar-refractivity contribution >= 4 is 16.9 Å². The van der Waals surface area contributed by atoms with E-state index in [-0.39, 0.29) is 17.6 Å². The summed E-state index contributed by atoms with van der Waals surface area (Å²) in [6, 6.07) is 0. The van der Waals surface area contributed by atoms with E-state index in [0.29, 0.717) is 0 Å². The van der Waals surface area contributed by atoms with Gasteiger partial charge < -0.3 is 4.74 Å². The first-order valence-corrected chi connectivity index (χ1v) is 2.21. The van der Waals surface area contributed by atoms with Crippen LogP contribution < -0.4 is 0 Å². The van der Waals surface area contributed by atoms with Crippen LogP contribution in [0.2, 0.25) is 0 Å². The maximum Gasteiger partial charge on any atom is 0.330 e. The molecular weight excluding hydrogens is 132 g/mol. The lowest BCUT2D eigenvalue weighted by molar-refractivity contribution is -0.136. The van der Waals surface area contributed by atoms with E-state index in [1.165, 1.54) is 6.08 Å². The third-order valence-electron chi connectivity index (χ3n) is 0.510. The molecule has 0 N–H and O–H groups in total. The molecule has 0 saturated carbocycles. The minimum atomic E-state index is -0.412. The summed E-state index contributed by atoms with van der Waals surface area (Å²) >= 11 is 0. The molecule has 0 heterocycles. The van der Waals surface area contributed by atoms with E-state index in [1.807, 2.05) is 0 Å². The lowest BCUT2D eigenvalue weighted by atomic mass is 10.6. The van der Waals surface area contributed by atoms with Crippen molar-refractivity contribution in [1.29, 1.82) is 0 Å². The van der Waals surface area contributed by atoms with Gasteiger partial charge in [-0.15, -0.1) is 0 Å². The van der Waals surface area contributed by atoms with Crippen LogP contribution in [-0.4, -0.2) is 23.5 Å². The van der Waals surface area contributed by atoms with Crippen LogP contribution in [0.4, 0.5) is 0 Å². The van der Waals surface area contributed by atoms with Gasteiger partial charge in [0, 0.05) is 6.08 Å². The van der Waals surface area contributed by atoms with Crippen molar-refractivity contribution in [3.63, 3.8) is 0 Å². The second kappa shape index (κ2) is 7.17. The number of ether oxygens (including phenoxy) is 1. The molecule has 3 heteroatoms. The maximum atomic E-state index is 10.2. The van der Waals surface area contributed by atoms with Gasteiger partial charge in [0.15, 0.2) is 0 Å². The maximum absolute atomic E-state index is 10.2. The molecule has 0 unspecified atom stereocenters. The Labute approximate surface area is 59.2 Å². The molecule has 0 bridgehead atoms. The van der Waals surface area contributed by atoms with Crippen molar-refractivity contribution in [2.45, 2.75) is 0 Å². The summed E-state index contributed by atoms with van der Waals surface area (Å²) < 4.78 is 4.47. The van der Waals surface area contributed by atoms with Crippen molar-refractivity contribution in [3.8, 4) is 0 Å². The highest BCUT2D eigenvalue weighted by Gasteiger charge is 1.87. The molecule has 0 radical (unpaired) electrons. The van der Waals surface area contributed by atoms with E-state index in [4.69, 9.17) is 0 Å². The van der Waals surface area contributed by atoms with Crippen LogP contribution >= 0.6 is 0 Å². The predicted molar refractivity (Wildman–Crippen MR) is 42.7 cm³/mol. The van der Waals surface area contributed by atoms with Crippen LogP contribution in [-0.2, 0) is 9.53 Å². The summed E-state index contributed by atoms with van der Waals surface area (Å²) in [5.74, 6) is -0.412. The summed E-state index contributed by atoms with van der Waals surface area (Å²) in [7, 11) is 0. The Morgan fingerprint density at radius 2 is 2.11 bits per heavy atom. The Bertz CT molecular complexity index is 110. The fraction of sp³-hybridized carbons (Fsp3) is 0.167. The summed E-state index contributed by atoms with van der Waals surface area (Å²) in [6.45, 7) is 6.81. The van der Waals surface area contributed by atoms with Crippen LogP contribution in [0.25, 0.3) is 0 Å². The summed E-state index contributed by atoms with van der Waals surface area (Å²) in [6.07, 6.45) is 2.62. The molecule has 9 heavy (non-hydrogen) atoms. The minimum Gasteiger partial charge on any atom is -0.458 e. The molecule has 0 aromatic rings. The number of hydrogen-bond acceptors (Lipinski definition) is 2. The lowest BCUT2D eigenvalue weighted by Crippen LogP contribution is -1.98. The van der Waals surface area contributed by atoms with Gasteiger partial charge in [0.1, 0.15) is 6.61 Å². The molecule has 52 valence electrons. The van der Waals surface area contributed by atoms with Crippen LogP contribution in [0.3, 0.4) is 0 Å². The Morgan fingerprint density at radius 3 is 2.44 bits per heavy atom. The van der Waals surface area contributed by atoms with E-state index in [1.54, 1.807) is 0 Å². The first kappa shape index (κ1) is 11.0. The standard InChI is InChI=1S/C6H8O2.H4Si/c1-3-5-8-6(7)4-2;/h3-4H,1-2,5H2;1H4. The molecule has 0 fully saturated rings. The van der Waals surface area contributed by atoms with E-state index >= 15 is 0 Å². The second-order valence-electron chi connectivity index (χ2n) is 1.12. The molecule has 0 aromatic carbocycles. The monoisotopic (exact) mass is 144 g/mol. The summed E-state index contributed by atoms with van der Waals surface area (Å²) in [5.41, 5.74) is 0. The number of carbonyl (C=O) groups excluding carboxylic acids is 1. The topological polar surface area (TPSA) is 26.3 Å². The Morgan fingerprint density at radius 1 is 1.56 bits per heavy atom. The predicted octanol–water partition coefficient (Wildman–Crippen LogP) is -0.550. The minimum absolute atomic E-state index is 0. The van der Waals surface area contributed by atoms with Crippen LogP contribution in [0.5, 0.6) is 0 Å². The van der Waals surface area contributed by atoms with Crippen molar-refractivity contribution in [3.05, 3.63) is 25.3 Å². The molecule has 0 aromatic heterocycles. The van der Waals surface area contributed by atoms with Crippen LogP contribution in [0.15, 0.2) is 25.3 Å². The Hall–Kier alpha value is -0.833. The van der Waals surface area contributed by atoms with Gasteiger partial charge in [-0.25, -0.2) is 4.79 Å². The van der Waals surface area contributed by atoms with Crippen molar-refractivity contribution < 1.29 is 9.53 Å². The van der Waals surface area contributed by atoms with Crippen LogP contribution in [0.1, 0.15) is 0 Å². The zero-order valence-electron chi connectivity index (χ0n) is 4.59. The van der Waals surface area contributed by atoms with Gasteiger partial charge in [-0.2, -0.15) is 0 Å². The van der Waals surface area contributed by atoms with E-state index in [2.05, 4.69) is 17.9 Å². The average molecular weight is 144 g/mol. The second-order valence-corrected chi connectivity index (χ2v) is 1.12. The molecule has 0 rings (SSSR count). The molecule has 0 aliphatic heterocycles. The zero-order valence-corrected chi connectivity index (χ0v) is 4.59. The normalized spacial score (nSPS) is 6.67. The highest BCUT2D eigenvalue weighted by Crippen LogP contribution is 1.77.